The molecule has 1 unspecified atom stereocenters. The van der Waals surface area contributed by atoms with Crippen molar-refractivity contribution in [2.45, 2.75) is 309 Å². The van der Waals surface area contributed by atoms with Crippen molar-refractivity contribution >= 4 is 17.9 Å². The predicted molar refractivity (Wildman–Crippen MR) is 334 cm³/mol. The highest BCUT2D eigenvalue weighted by Crippen LogP contribution is 2.16. The van der Waals surface area contributed by atoms with Gasteiger partial charge >= 0.3 is 17.9 Å². The van der Waals surface area contributed by atoms with Crippen molar-refractivity contribution < 1.29 is 28.6 Å². The SMILES string of the molecule is CC/C=C\C/C=C\C/C=C\C/C=C\CCCCCCCCCCCCC(=O)OCC(COC(=O)CCCCCCC/C=C\CCCCCCCC)OC(=O)CCCCCCCCCC/C=C\C/C=C\C/C=C\C/C=C\CC. The minimum Gasteiger partial charge on any atom is -0.462 e. The average Bonchev–Trinajstić information content (AvgIpc) is 3.43. The van der Waals surface area contributed by atoms with E-state index in [0.717, 1.165) is 122 Å². The lowest BCUT2D eigenvalue weighted by Gasteiger charge is -2.18. The Bertz CT molecular complexity index is 1560. The van der Waals surface area contributed by atoms with Crippen LogP contribution in [0.5, 0.6) is 0 Å². The van der Waals surface area contributed by atoms with E-state index in [1.165, 1.54) is 141 Å². The van der Waals surface area contributed by atoms with Crippen LogP contribution in [-0.2, 0) is 28.6 Å². The van der Waals surface area contributed by atoms with Crippen LogP contribution >= 0.6 is 0 Å². The fourth-order valence-electron chi connectivity index (χ4n) is 8.95. The van der Waals surface area contributed by atoms with Crippen molar-refractivity contribution in [3.63, 3.8) is 0 Å². The van der Waals surface area contributed by atoms with Crippen LogP contribution in [-0.4, -0.2) is 37.2 Å². The lowest BCUT2D eigenvalue weighted by atomic mass is 10.1. The van der Waals surface area contributed by atoms with Gasteiger partial charge in [0.25, 0.3) is 0 Å². The quantitative estimate of drug-likeness (QED) is 0.0261. The van der Waals surface area contributed by atoms with Gasteiger partial charge in [-0.25, -0.2) is 0 Å². The van der Waals surface area contributed by atoms with E-state index in [9.17, 15) is 14.4 Å². The van der Waals surface area contributed by atoms with E-state index < -0.39 is 6.10 Å². The van der Waals surface area contributed by atoms with Crippen LogP contribution < -0.4 is 0 Å². The molecule has 0 rings (SSSR count). The van der Waals surface area contributed by atoms with Gasteiger partial charge in [-0.05, 0) is 122 Å². The normalized spacial score (nSPS) is 12.8. The first-order valence-corrected chi connectivity index (χ1v) is 32.4. The van der Waals surface area contributed by atoms with Gasteiger partial charge in [-0.2, -0.15) is 0 Å². The Hall–Kier alpha value is -3.93. The van der Waals surface area contributed by atoms with Gasteiger partial charge in [-0.15, -0.1) is 0 Å². The number of rotatable bonds is 58. The molecule has 77 heavy (non-hydrogen) atoms. The Morgan fingerprint density at radius 1 is 0.273 bits per heavy atom. The van der Waals surface area contributed by atoms with Gasteiger partial charge in [-0.3, -0.25) is 14.4 Å². The summed E-state index contributed by atoms with van der Waals surface area (Å²) in [7, 11) is 0. The number of hydrogen-bond acceptors (Lipinski definition) is 6. The monoisotopic (exact) mass is 1070 g/mol. The van der Waals surface area contributed by atoms with Crippen molar-refractivity contribution in [3.8, 4) is 0 Å². The topological polar surface area (TPSA) is 78.9 Å². The third-order valence-corrected chi connectivity index (χ3v) is 13.7. The molecule has 0 aliphatic heterocycles. The number of carbonyl (C=O) groups is 3. The van der Waals surface area contributed by atoms with E-state index in [1.807, 2.05) is 0 Å². The van der Waals surface area contributed by atoms with Crippen molar-refractivity contribution in [1.29, 1.82) is 0 Å². The van der Waals surface area contributed by atoms with Crippen LogP contribution in [0.4, 0.5) is 0 Å². The molecule has 440 valence electrons. The smallest absolute Gasteiger partial charge is 0.306 e. The number of esters is 3. The van der Waals surface area contributed by atoms with Gasteiger partial charge in [0.15, 0.2) is 6.10 Å². The van der Waals surface area contributed by atoms with Gasteiger partial charge in [0, 0.05) is 19.3 Å². The Balaban J connectivity index is 4.39. The minimum atomic E-state index is -0.791. The summed E-state index contributed by atoms with van der Waals surface area (Å²) < 4.78 is 16.9. The molecule has 6 nitrogen and oxygen atoms in total. The molecule has 6 heteroatoms. The highest BCUT2D eigenvalue weighted by atomic mass is 16.6. The van der Waals surface area contributed by atoms with Gasteiger partial charge < -0.3 is 14.2 Å². The molecule has 0 aromatic carbocycles. The summed E-state index contributed by atoms with van der Waals surface area (Å²) in [5.74, 6) is -0.898. The summed E-state index contributed by atoms with van der Waals surface area (Å²) in [6.45, 7) is 6.42. The number of ether oxygens (including phenoxy) is 3. The molecule has 0 fully saturated rings. The van der Waals surface area contributed by atoms with Gasteiger partial charge in [0.1, 0.15) is 13.2 Å². The van der Waals surface area contributed by atoms with Crippen molar-refractivity contribution in [1.82, 2.24) is 0 Å². The molecular formula is C71H120O6. The third-order valence-electron chi connectivity index (χ3n) is 13.7. The number of hydrogen-bond donors (Lipinski definition) is 0. The van der Waals surface area contributed by atoms with Gasteiger partial charge in [0.05, 0.1) is 0 Å². The molecule has 0 aliphatic rings. The molecule has 0 aliphatic carbocycles. The van der Waals surface area contributed by atoms with Gasteiger partial charge in [-0.1, -0.05) is 271 Å². The predicted octanol–water partition coefficient (Wildman–Crippen LogP) is 22.2. The third kappa shape index (κ3) is 62.8. The summed E-state index contributed by atoms with van der Waals surface area (Å²) in [5.41, 5.74) is 0. The fourth-order valence-corrected chi connectivity index (χ4v) is 8.95. The van der Waals surface area contributed by atoms with E-state index in [4.69, 9.17) is 14.2 Å². The lowest BCUT2D eigenvalue weighted by Crippen LogP contribution is -2.30. The standard InChI is InChI=1S/C71H120O6/c1-4-7-10-13-16-19-22-25-28-30-32-34-35-37-38-40-43-46-49-52-55-58-61-64-70(73)76-67-68(66-75-69(72)63-60-57-54-51-48-45-42-27-24-21-18-15-12-9-6-3)77-71(74)65-62-59-56-53-50-47-44-41-39-36-33-31-29-26-23-20-17-14-11-8-5-2/h7-8,10-11,16-17,19-20,25-29,32-34,36,42,68H,4-6,9,12-15,18,21-24,30-31,35,37-41,43-67H2,1-3H3/b10-7-,11-8-,19-16-,20-17-,28-25-,29-26-,34-32-,36-33-,42-27-. The Labute approximate surface area is 476 Å². The fraction of sp³-hybridized carbons (Fsp3) is 0.704. The van der Waals surface area contributed by atoms with Crippen LogP contribution in [0.3, 0.4) is 0 Å². The first-order chi connectivity index (χ1) is 38.0. The number of allylic oxidation sites excluding steroid dienone is 18. The average molecular weight is 1070 g/mol. The maximum Gasteiger partial charge on any atom is 0.306 e. The van der Waals surface area contributed by atoms with E-state index in [1.54, 1.807) is 0 Å². The molecule has 0 saturated carbocycles. The second-order valence-electron chi connectivity index (χ2n) is 21.3. The summed E-state index contributed by atoms with van der Waals surface area (Å²) in [6.07, 6.45) is 88.0. The zero-order chi connectivity index (χ0) is 55.7. The van der Waals surface area contributed by atoms with Crippen LogP contribution in [0.2, 0.25) is 0 Å². The van der Waals surface area contributed by atoms with E-state index in [-0.39, 0.29) is 31.1 Å². The largest absolute Gasteiger partial charge is 0.462 e. The summed E-state index contributed by atoms with van der Waals surface area (Å²) in [6, 6.07) is 0. The Morgan fingerprint density at radius 2 is 0.506 bits per heavy atom. The van der Waals surface area contributed by atoms with Crippen LogP contribution in [0.1, 0.15) is 303 Å². The van der Waals surface area contributed by atoms with Gasteiger partial charge in [0.2, 0.25) is 0 Å². The van der Waals surface area contributed by atoms with Crippen LogP contribution in [0, 0.1) is 0 Å². The van der Waals surface area contributed by atoms with E-state index in [0.29, 0.717) is 19.3 Å². The minimum absolute atomic E-state index is 0.0863. The Kier molecular flexibility index (Phi) is 61.3. The zero-order valence-corrected chi connectivity index (χ0v) is 50.4. The first-order valence-electron chi connectivity index (χ1n) is 32.4. The molecule has 0 bridgehead atoms. The molecule has 0 heterocycles. The van der Waals surface area contributed by atoms with E-state index >= 15 is 0 Å². The van der Waals surface area contributed by atoms with Crippen molar-refractivity contribution in [3.05, 3.63) is 109 Å². The van der Waals surface area contributed by atoms with Crippen LogP contribution in [0.15, 0.2) is 109 Å². The molecule has 1 atom stereocenters. The maximum atomic E-state index is 12.9. The molecule has 0 aromatic rings. The first kappa shape index (κ1) is 73.1. The Morgan fingerprint density at radius 3 is 0.805 bits per heavy atom. The molecule has 0 radical (unpaired) electrons. The molecule has 0 aromatic heterocycles. The molecule has 0 spiro atoms. The summed E-state index contributed by atoms with van der Waals surface area (Å²) >= 11 is 0. The summed E-state index contributed by atoms with van der Waals surface area (Å²) in [4.78, 5) is 38.4. The highest BCUT2D eigenvalue weighted by molar-refractivity contribution is 5.71. The summed E-state index contributed by atoms with van der Waals surface area (Å²) in [5, 5.41) is 0. The zero-order valence-electron chi connectivity index (χ0n) is 50.4. The van der Waals surface area contributed by atoms with Crippen molar-refractivity contribution in [2.24, 2.45) is 0 Å². The molecule has 0 N–H and O–H groups in total. The molecule has 0 amide bonds. The number of unbranched alkanes of at least 4 members (excludes halogenated alkanes) is 29. The maximum absolute atomic E-state index is 12.9. The van der Waals surface area contributed by atoms with E-state index in [2.05, 4.69) is 130 Å². The molecular weight excluding hydrogens is 949 g/mol. The lowest BCUT2D eigenvalue weighted by molar-refractivity contribution is -0.167. The van der Waals surface area contributed by atoms with Crippen molar-refractivity contribution in [2.75, 3.05) is 13.2 Å². The molecule has 0 saturated heterocycles. The second-order valence-corrected chi connectivity index (χ2v) is 21.3. The second kappa shape index (κ2) is 64.6. The number of carbonyl (C=O) groups excluding carboxylic acids is 3. The highest BCUT2D eigenvalue weighted by Gasteiger charge is 2.19. The van der Waals surface area contributed by atoms with Crippen LogP contribution in [0.25, 0.3) is 0 Å².